The molecule has 84 valence electrons. The van der Waals surface area contributed by atoms with E-state index in [1.807, 2.05) is 0 Å². The van der Waals surface area contributed by atoms with Gasteiger partial charge in [0.25, 0.3) is 0 Å². The number of piperazine rings is 1. The SMILES string of the molecule is CC1CN(C(C)(C)C)C(CN)CN1C. The molecule has 0 bridgehead atoms. The van der Waals surface area contributed by atoms with Crippen LogP contribution in [-0.2, 0) is 0 Å². The quantitative estimate of drug-likeness (QED) is 0.676. The molecule has 0 amide bonds. The van der Waals surface area contributed by atoms with Gasteiger partial charge in [0, 0.05) is 37.3 Å². The Morgan fingerprint density at radius 1 is 1.29 bits per heavy atom. The highest BCUT2D eigenvalue weighted by molar-refractivity contribution is 4.92. The molecule has 0 aliphatic carbocycles. The minimum atomic E-state index is 0.236. The molecule has 0 saturated carbocycles. The van der Waals surface area contributed by atoms with Gasteiger partial charge in [0.15, 0.2) is 0 Å². The first-order chi connectivity index (χ1) is 6.36. The smallest absolute Gasteiger partial charge is 0.0351 e. The number of hydrogen-bond donors (Lipinski definition) is 1. The predicted molar refractivity (Wildman–Crippen MR) is 61.4 cm³/mol. The molecule has 1 aliphatic rings. The molecule has 0 aromatic carbocycles. The Morgan fingerprint density at radius 2 is 1.86 bits per heavy atom. The lowest BCUT2D eigenvalue weighted by molar-refractivity contribution is -0.00397. The fourth-order valence-electron chi connectivity index (χ4n) is 2.21. The van der Waals surface area contributed by atoms with Gasteiger partial charge in [-0.1, -0.05) is 0 Å². The monoisotopic (exact) mass is 199 g/mol. The molecule has 2 unspecified atom stereocenters. The summed E-state index contributed by atoms with van der Waals surface area (Å²) in [6.07, 6.45) is 0. The van der Waals surface area contributed by atoms with E-state index in [-0.39, 0.29) is 5.54 Å². The van der Waals surface area contributed by atoms with E-state index in [1.54, 1.807) is 0 Å². The normalized spacial score (nSPS) is 32.1. The van der Waals surface area contributed by atoms with Gasteiger partial charge in [0.1, 0.15) is 0 Å². The molecule has 3 heteroatoms. The molecule has 1 aliphatic heterocycles. The molecule has 1 rings (SSSR count). The summed E-state index contributed by atoms with van der Waals surface area (Å²) in [6, 6.07) is 1.15. The lowest BCUT2D eigenvalue weighted by Crippen LogP contribution is -2.63. The highest BCUT2D eigenvalue weighted by Gasteiger charge is 2.34. The van der Waals surface area contributed by atoms with Crippen LogP contribution in [0.3, 0.4) is 0 Å². The zero-order valence-electron chi connectivity index (χ0n) is 10.2. The van der Waals surface area contributed by atoms with Crippen molar-refractivity contribution in [1.82, 2.24) is 9.80 Å². The van der Waals surface area contributed by atoms with E-state index in [4.69, 9.17) is 5.73 Å². The molecule has 1 heterocycles. The van der Waals surface area contributed by atoms with Crippen molar-refractivity contribution < 1.29 is 0 Å². The van der Waals surface area contributed by atoms with Gasteiger partial charge in [-0.2, -0.15) is 0 Å². The van der Waals surface area contributed by atoms with Gasteiger partial charge in [-0.05, 0) is 34.7 Å². The van der Waals surface area contributed by atoms with Gasteiger partial charge in [0.05, 0.1) is 0 Å². The summed E-state index contributed by atoms with van der Waals surface area (Å²) in [5.74, 6) is 0. The van der Waals surface area contributed by atoms with Crippen molar-refractivity contribution in [2.24, 2.45) is 5.73 Å². The molecule has 3 nitrogen and oxygen atoms in total. The highest BCUT2D eigenvalue weighted by atomic mass is 15.3. The van der Waals surface area contributed by atoms with Crippen molar-refractivity contribution in [3.8, 4) is 0 Å². The van der Waals surface area contributed by atoms with Crippen molar-refractivity contribution in [3.63, 3.8) is 0 Å². The van der Waals surface area contributed by atoms with Crippen molar-refractivity contribution in [2.45, 2.75) is 45.3 Å². The fraction of sp³-hybridized carbons (Fsp3) is 1.00. The Balaban J connectivity index is 2.73. The highest BCUT2D eigenvalue weighted by Crippen LogP contribution is 2.22. The fourth-order valence-corrected chi connectivity index (χ4v) is 2.21. The zero-order chi connectivity index (χ0) is 10.9. The van der Waals surface area contributed by atoms with Crippen LogP contribution in [0.2, 0.25) is 0 Å². The Kier molecular flexibility index (Phi) is 3.56. The largest absolute Gasteiger partial charge is 0.329 e. The van der Waals surface area contributed by atoms with Crippen LogP contribution in [0.1, 0.15) is 27.7 Å². The summed E-state index contributed by atoms with van der Waals surface area (Å²) in [6.45, 7) is 12.1. The molecular weight excluding hydrogens is 174 g/mol. The Labute approximate surface area is 88.2 Å². The zero-order valence-corrected chi connectivity index (χ0v) is 10.2. The van der Waals surface area contributed by atoms with Crippen LogP contribution in [-0.4, -0.2) is 54.1 Å². The maximum Gasteiger partial charge on any atom is 0.0351 e. The molecule has 0 aromatic heterocycles. The second-order valence-electron chi connectivity index (χ2n) is 5.50. The van der Waals surface area contributed by atoms with E-state index in [1.165, 1.54) is 0 Å². The predicted octanol–water partition coefficient (Wildman–Crippen LogP) is 0.748. The molecule has 1 fully saturated rings. The van der Waals surface area contributed by atoms with E-state index in [0.29, 0.717) is 12.1 Å². The van der Waals surface area contributed by atoms with Crippen LogP contribution in [0.15, 0.2) is 0 Å². The van der Waals surface area contributed by atoms with Gasteiger partial charge >= 0.3 is 0 Å². The van der Waals surface area contributed by atoms with Gasteiger partial charge in [0.2, 0.25) is 0 Å². The van der Waals surface area contributed by atoms with Crippen LogP contribution in [0.5, 0.6) is 0 Å². The number of rotatable bonds is 1. The molecular formula is C11H25N3. The summed E-state index contributed by atoms with van der Waals surface area (Å²) in [5.41, 5.74) is 6.07. The van der Waals surface area contributed by atoms with Crippen molar-refractivity contribution in [1.29, 1.82) is 0 Å². The lowest BCUT2D eigenvalue weighted by atomic mass is 9.98. The molecule has 2 N–H and O–H groups in total. The maximum absolute atomic E-state index is 5.83. The number of hydrogen-bond acceptors (Lipinski definition) is 3. The Bertz CT molecular complexity index is 185. The minimum absolute atomic E-state index is 0.236. The molecule has 0 radical (unpaired) electrons. The van der Waals surface area contributed by atoms with E-state index in [9.17, 15) is 0 Å². The summed E-state index contributed by atoms with van der Waals surface area (Å²) >= 11 is 0. The van der Waals surface area contributed by atoms with E-state index in [2.05, 4.69) is 44.5 Å². The summed E-state index contributed by atoms with van der Waals surface area (Å²) in [4.78, 5) is 4.94. The van der Waals surface area contributed by atoms with Gasteiger partial charge < -0.3 is 10.6 Å². The first-order valence-corrected chi connectivity index (χ1v) is 5.53. The lowest BCUT2D eigenvalue weighted by Gasteiger charge is -2.49. The topological polar surface area (TPSA) is 32.5 Å². The average Bonchev–Trinajstić information content (AvgIpc) is 2.07. The van der Waals surface area contributed by atoms with E-state index in [0.717, 1.165) is 19.6 Å². The summed E-state index contributed by atoms with van der Waals surface area (Å²) in [5, 5.41) is 0. The number of likely N-dealkylation sites (N-methyl/N-ethyl adjacent to an activating group) is 1. The third-order valence-electron chi connectivity index (χ3n) is 3.29. The van der Waals surface area contributed by atoms with Gasteiger partial charge in [-0.25, -0.2) is 0 Å². The van der Waals surface area contributed by atoms with Crippen LogP contribution < -0.4 is 5.73 Å². The van der Waals surface area contributed by atoms with E-state index >= 15 is 0 Å². The van der Waals surface area contributed by atoms with Crippen LogP contribution >= 0.6 is 0 Å². The van der Waals surface area contributed by atoms with Crippen LogP contribution in [0, 0.1) is 0 Å². The summed E-state index contributed by atoms with van der Waals surface area (Å²) in [7, 11) is 2.19. The Morgan fingerprint density at radius 3 is 2.29 bits per heavy atom. The first kappa shape index (κ1) is 12.0. The number of nitrogens with two attached hydrogens (primary N) is 1. The third kappa shape index (κ3) is 2.47. The first-order valence-electron chi connectivity index (χ1n) is 5.53. The Hall–Kier alpha value is -0.120. The van der Waals surface area contributed by atoms with Gasteiger partial charge in [-0.15, -0.1) is 0 Å². The second kappa shape index (κ2) is 4.17. The molecule has 1 saturated heterocycles. The standard InChI is InChI=1S/C11H25N3/c1-9-7-14(11(2,3)4)10(6-12)8-13(9)5/h9-10H,6-8,12H2,1-5H3. The summed E-state index contributed by atoms with van der Waals surface area (Å²) < 4.78 is 0. The number of nitrogens with zero attached hydrogens (tertiary/aromatic N) is 2. The molecule has 2 atom stereocenters. The van der Waals surface area contributed by atoms with Crippen molar-refractivity contribution in [2.75, 3.05) is 26.7 Å². The third-order valence-corrected chi connectivity index (χ3v) is 3.29. The molecule has 14 heavy (non-hydrogen) atoms. The van der Waals surface area contributed by atoms with Crippen LogP contribution in [0.4, 0.5) is 0 Å². The molecule has 0 aromatic rings. The van der Waals surface area contributed by atoms with E-state index < -0.39 is 0 Å². The molecule has 0 spiro atoms. The minimum Gasteiger partial charge on any atom is -0.329 e. The second-order valence-corrected chi connectivity index (χ2v) is 5.50. The van der Waals surface area contributed by atoms with Gasteiger partial charge in [-0.3, -0.25) is 4.90 Å². The van der Waals surface area contributed by atoms with Crippen molar-refractivity contribution >= 4 is 0 Å². The van der Waals surface area contributed by atoms with Crippen LogP contribution in [0.25, 0.3) is 0 Å². The van der Waals surface area contributed by atoms with Crippen molar-refractivity contribution in [3.05, 3.63) is 0 Å². The maximum atomic E-state index is 5.83. The average molecular weight is 199 g/mol.